The molecule has 1 aromatic heterocycles. The number of hydrogen-bond acceptors (Lipinski definition) is 5. The predicted octanol–water partition coefficient (Wildman–Crippen LogP) is 0.673. The summed E-state index contributed by atoms with van der Waals surface area (Å²) in [5, 5.41) is 9.67. The summed E-state index contributed by atoms with van der Waals surface area (Å²) >= 11 is 5.99. The largest absolute Gasteiger partial charge is 0.394 e. The van der Waals surface area contributed by atoms with Gasteiger partial charge in [-0.1, -0.05) is 11.6 Å². The first-order chi connectivity index (χ1) is 7.22. The molecule has 1 atom stereocenters. The van der Waals surface area contributed by atoms with Gasteiger partial charge in [0.05, 0.1) is 18.8 Å². The lowest BCUT2D eigenvalue weighted by atomic mass is 10.2. The SMILES string of the molecule is Nc1ncc(Cl)c(N2CCCC2CO)n1. The van der Waals surface area contributed by atoms with Crippen molar-refractivity contribution < 1.29 is 5.11 Å². The van der Waals surface area contributed by atoms with Crippen LogP contribution in [-0.4, -0.2) is 34.3 Å². The number of rotatable bonds is 2. The van der Waals surface area contributed by atoms with E-state index in [2.05, 4.69) is 9.97 Å². The Balaban J connectivity index is 2.31. The van der Waals surface area contributed by atoms with Crippen LogP contribution in [0.2, 0.25) is 5.02 Å². The first-order valence-electron chi connectivity index (χ1n) is 4.88. The Hall–Kier alpha value is -1.07. The van der Waals surface area contributed by atoms with Crippen LogP contribution in [-0.2, 0) is 0 Å². The molecule has 2 rings (SSSR count). The first-order valence-corrected chi connectivity index (χ1v) is 5.25. The van der Waals surface area contributed by atoms with E-state index in [9.17, 15) is 5.11 Å². The van der Waals surface area contributed by atoms with E-state index < -0.39 is 0 Å². The summed E-state index contributed by atoms with van der Waals surface area (Å²) in [4.78, 5) is 9.90. The van der Waals surface area contributed by atoms with Gasteiger partial charge < -0.3 is 15.7 Å². The van der Waals surface area contributed by atoms with E-state index in [0.717, 1.165) is 19.4 Å². The van der Waals surface area contributed by atoms with Crippen molar-refractivity contribution in [3.63, 3.8) is 0 Å². The molecule has 1 fully saturated rings. The van der Waals surface area contributed by atoms with Crippen molar-refractivity contribution in [2.75, 3.05) is 23.8 Å². The quantitative estimate of drug-likeness (QED) is 0.779. The lowest BCUT2D eigenvalue weighted by Crippen LogP contribution is -2.33. The first kappa shape index (κ1) is 10.4. The van der Waals surface area contributed by atoms with Crippen LogP contribution in [0.4, 0.5) is 11.8 Å². The van der Waals surface area contributed by atoms with Crippen molar-refractivity contribution in [2.45, 2.75) is 18.9 Å². The number of nitrogens with zero attached hydrogens (tertiary/aromatic N) is 3. The van der Waals surface area contributed by atoms with Gasteiger partial charge in [0.1, 0.15) is 5.02 Å². The third-order valence-electron chi connectivity index (χ3n) is 2.60. The zero-order chi connectivity index (χ0) is 10.8. The summed E-state index contributed by atoms with van der Waals surface area (Å²) in [7, 11) is 0. The molecule has 0 radical (unpaired) electrons. The third kappa shape index (κ3) is 1.98. The van der Waals surface area contributed by atoms with Gasteiger partial charge in [0, 0.05) is 6.54 Å². The summed E-state index contributed by atoms with van der Waals surface area (Å²) < 4.78 is 0. The van der Waals surface area contributed by atoms with Crippen LogP contribution < -0.4 is 10.6 Å². The molecule has 0 aliphatic carbocycles. The summed E-state index contributed by atoms with van der Waals surface area (Å²) in [6.45, 7) is 0.960. The molecule has 1 aromatic rings. The molecule has 0 bridgehead atoms. The summed E-state index contributed by atoms with van der Waals surface area (Å²) in [6.07, 6.45) is 3.48. The van der Waals surface area contributed by atoms with Crippen LogP contribution in [0.15, 0.2) is 6.20 Å². The van der Waals surface area contributed by atoms with E-state index in [-0.39, 0.29) is 18.6 Å². The van der Waals surface area contributed by atoms with Crippen molar-refractivity contribution in [3.8, 4) is 0 Å². The zero-order valence-corrected chi connectivity index (χ0v) is 8.98. The Labute approximate surface area is 92.9 Å². The highest BCUT2D eigenvalue weighted by Gasteiger charge is 2.26. The Morgan fingerprint density at radius 3 is 3.20 bits per heavy atom. The number of aliphatic hydroxyl groups excluding tert-OH is 1. The van der Waals surface area contributed by atoms with Crippen molar-refractivity contribution in [2.24, 2.45) is 0 Å². The topological polar surface area (TPSA) is 75.3 Å². The maximum absolute atomic E-state index is 9.20. The maximum Gasteiger partial charge on any atom is 0.222 e. The molecule has 0 spiro atoms. The smallest absolute Gasteiger partial charge is 0.222 e. The average molecular weight is 229 g/mol. The third-order valence-corrected chi connectivity index (χ3v) is 2.87. The second-order valence-corrected chi connectivity index (χ2v) is 3.98. The van der Waals surface area contributed by atoms with Gasteiger partial charge in [0.15, 0.2) is 5.82 Å². The van der Waals surface area contributed by atoms with Crippen LogP contribution in [0.25, 0.3) is 0 Å². The maximum atomic E-state index is 9.20. The summed E-state index contributed by atoms with van der Waals surface area (Å²) in [5.41, 5.74) is 5.51. The number of nitrogens with two attached hydrogens (primary N) is 1. The van der Waals surface area contributed by atoms with E-state index in [0.29, 0.717) is 10.8 Å². The molecule has 3 N–H and O–H groups in total. The van der Waals surface area contributed by atoms with Gasteiger partial charge in [0.2, 0.25) is 5.95 Å². The molecule has 0 aromatic carbocycles. The highest BCUT2D eigenvalue weighted by atomic mass is 35.5. The van der Waals surface area contributed by atoms with E-state index in [1.165, 1.54) is 6.20 Å². The minimum atomic E-state index is 0.0943. The van der Waals surface area contributed by atoms with Gasteiger partial charge in [0.25, 0.3) is 0 Å². The van der Waals surface area contributed by atoms with Crippen LogP contribution in [0, 0.1) is 0 Å². The molecule has 1 aliphatic heterocycles. The zero-order valence-electron chi connectivity index (χ0n) is 8.23. The van der Waals surface area contributed by atoms with Crippen LogP contribution in [0.3, 0.4) is 0 Å². The lowest BCUT2D eigenvalue weighted by molar-refractivity contribution is 0.266. The second kappa shape index (κ2) is 4.20. The van der Waals surface area contributed by atoms with Crippen LogP contribution in [0.1, 0.15) is 12.8 Å². The highest BCUT2D eigenvalue weighted by molar-refractivity contribution is 6.32. The standard InChI is InChI=1S/C9H13ClN4O/c10-7-4-12-9(11)13-8(7)14-3-1-2-6(14)5-15/h4,6,15H,1-3,5H2,(H2,11,12,13). The number of aromatic nitrogens is 2. The van der Waals surface area contributed by atoms with Gasteiger partial charge in [-0.3, -0.25) is 0 Å². The fraction of sp³-hybridized carbons (Fsp3) is 0.556. The second-order valence-electron chi connectivity index (χ2n) is 3.57. The van der Waals surface area contributed by atoms with E-state index in [4.69, 9.17) is 17.3 Å². The van der Waals surface area contributed by atoms with E-state index in [1.807, 2.05) is 4.90 Å². The summed E-state index contributed by atoms with van der Waals surface area (Å²) in [6, 6.07) is 0.0943. The Bertz CT molecular complexity index is 360. The molecular formula is C9H13ClN4O. The number of halogens is 1. The van der Waals surface area contributed by atoms with Crippen molar-refractivity contribution >= 4 is 23.4 Å². The van der Waals surface area contributed by atoms with Gasteiger partial charge in [-0.05, 0) is 12.8 Å². The number of anilines is 2. The van der Waals surface area contributed by atoms with E-state index >= 15 is 0 Å². The normalized spacial score (nSPS) is 20.9. The highest BCUT2D eigenvalue weighted by Crippen LogP contribution is 2.29. The van der Waals surface area contributed by atoms with Gasteiger partial charge in [-0.25, -0.2) is 4.98 Å². The molecule has 5 nitrogen and oxygen atoms in total. The minimum Gasteiger partial charge on any atom is -0.394 e. The molecule has 15 heavy (non-hydrogen) atoms. The fourth-order valence-corrected chi connectivity index (χ4v) is 2.08. The van der Waals surface area contributed by atoms with Crippen molar-refractivity contribution in [1.82, 2.24) is 9.97 Å². The average Bonchev–Trinajstić information content (AvgIpc) is 2.69. The molecule has 0 amide bonds. The fourth-order valence-electron chi connectivity index (χ4n) is 1.88. The number of nitrogen functional groups attached to an aromatic ring is 1. The molecule has 1 saturated heterocycles. The molecule has 1 aliphatic rings. The van der Waals surface area contributed by atoms with Gasteiger partial charge in [-0.15, -0.1) is 0 Å². The summed E-state index contributed by atoms with van der Waals surface area (Å²) in [5.74, 6) is 0.832. The molecule has 6 heteroatoms. The van der Waals surface area contributed by atoms with Gasteiger partial charge in [-0.2, -0.15) is 4.98 Å². The number of aliphatic hydroxyl groups is 1. The monoisotopic (exact) mass is 228 g/mol. The Morgan fingerprint density at radius 2 is 2.47 bits per heavy atom. The number of hydrogen-bond donors (Lipinski definition) is 2. The van der Waals surface area contributed by atoms with Crippen molar-refractivity contribution in [3.05, 3.63) is 11.2 Å². The lowest BCUT2D eigenvalue weighted by Gasteiger charge is -2.24. The van der Waals surface area contributed by atoms with Crippen LogP contribution in [0.5, 0.6) is 0 Å². The molecular weight excluding hydrogens is 216 g/mol. The molecule has 0 saturated carbocycles. The predicted molar refractivity (Wildman–Crippen MR) is 58.9 cm³/mol. The Kier molecular flexibility index (Phi) is 2.93. The Morgan fingerprint density at radius 1 is 1.67 bits per heavy atom. The van der Waals surface area contributed by atoms with E-state index in [1.54, 1.807) is 0 Å². The molecule has 82 valence electrons. The van der Waals surface area contributed by atoms with Crippen LogP contribution >= 0.6 is 11.6 Å². The van der Waals surface area contributed by atoms with Gasteiger partial charge >= 0.3 is 0 Å². The molecule has 1 unspecified atom stereocenters. The molecule has 2 heterocycles. The minimum absolute atomic E-state index is 0.0943. The van der Waals surface area contributed by atoms with Crippen molar-refractivity contribution in [1.29, 1.82) is 0 Å².